The molecule has 0 spiro atoms. The van der Waals surface area contributed by atoms with Gasteiger partial charge in [0.25, 0.3) is 5.91 Å². The van der Waals surface area contributed by atoms with Gasteiger partial charge in [-0.15, -0.1) is 0 Å². The van der Waals surface area contributed by atoms with Gasteiger partial charge in [0.1, 0.15) is 5.75 Å². The second-order valence-electron chi connectivity index (χ2n) is 6.82. The van der Waals surface area contributed by atoms with Crippen molar-refractivity contribution in [1.82, 2.24) is 4.90 Å². The van der Waals surface area contributed by atoms with Gasteiger partial charge in [-0.25, -0.2) is 4.79 Å². The number of rotatable bonds is 5. The third kappa shape index (κ3) is 5.49. The van der Waals surface area contributed by atoms with E-state index in [9.17, 15) is 9.59 Å². The highest BCUT2D eigenvalue weighted by atomic mass is 16.5. The molecule has 0 aromatic heterocycles. The lowest BCUT2D eigenvalue weighted by Crippen LogP contribution is -2.35. The number of carbonyl (C=O) groups is 2. The van der Waals surface area contributed by atoms with Crippen molar-refractivity contribution in [2.24, 2.45) is 0 Å². The van der Waals surface area contributed by atoms with Gasteiger partial charge in [-0.05, 0) is 68.3 Å². The Morgan fingerprint density at radius 2 is 1.43 bits per heavy atom. The van der Waals surface area contributed by atoms with E-state index in [1.807, 2.05) is 11.8 Å². The van der Waals surface area contributed by atoms with Crippen LogP contribution >= 0.6 is 0 Å². The van der Waals surface area contributed by atoms with Crippen LogP contribution in [0.5, 0.6) is 5.75 Å². The van der Waals surface area contributed by atoms with Gasteiger partial charge >= 0.3 is 6.03 Å². The summed E-state index contributed by atoms with van der Waals surface area (Å²) in [6.45, 7) is 4.12. The molecule has 3 rings (SSSR count). The first-order valence-corrected chi connectivity index (χ1v) is 9.86. The smallest absolute Gasteiger partial charge is 0.321 e. The number of hydrogen-bond acceptors (Lipinski definition) is 3. The van der Waals surface area contributed by atoms with E-state index in [4.69, 9.17) is 4.74 Å². The highest BCUT2D eigenvalue weighted by Crippen LogP contribution is 2.18. The number of ether oxygens (including phenoxy) is 1. The summed E-state index contributed by atoms with van der Waals surface area (Å²) >= 11 is 0. The molecule has 0 unspecified atom stereocenters. The molecule has 6 nitrogen and oxygen atoms in total. The molecule has 0 saturated carbocycles. The second kappa shape index (κ2) is 9.78. The number of benzene rings is 2. The SMILES string of the molecule is CCOc1ccc(C(=O)Nc2ccc(NC(=O)N3CCCCCC3)cc2)cc1. The highest BCUT2D eigenvalue weighted by molar-refractivity contribution is 6.04. The van der Waals surface area contributed by atoms with E-state index in [0.717, 1.165) is 31.7 Å². The van der Waals surface area contributed by atoms with Crippen LogP contribution in [-0.4, -0.2) is 36.5 Å². The van der Waals surface area contributed by atoms with Gasteiger partial charge in [0.15, 0.2) is 0 Å². The molecule has 0 atom stereocenters. The molecule has 2 aromatic rings. The first kappa shape index (κ1) is 19.7. The van der Waals surface area contributed by atoms with E-state index >= 15 is 0 Å². The fourth-order valence-corrected chi connectivity index (χ4v) is 3.19. The monoisotopic (exact) mass is 381 g/mol. The van der Waals surface area contributed by atoms with Gasteiger partial charge in [-0.3, -0.25) is 4.79 Å². The predicted molar refractivity (Wildman–Crippen MR) is 111 cm³/mol. The molecule has 2 aromatic carbocycles. The van der Waals surface area contributed by atoms with Crippen LogP contribution in [0, 0.1) is 0 Å². The average molecular weight is 381 g/mol. The molecule has 1 heterocycles. The molecule has 0 bridgehead atoms. The Labute approximate surface area is 165 Å². The van der Waals surface area contributed by atoms with Crippen molar-refractivity contribution in [1.29, 1.82) is 0 Å². The standard InChI is InChI=1S/C22H27N3O3/c1-2-28-20-13-7-17(8-14-20)21(26)23-18-9-11-19(12-10-18)24-22(27)25-15-5-3-4-6-16-25/h7-14H,2-6,15-16H2,1H3,(H,23,26)(H,24,27). The molecule has 1 aliphatic rings. The third-order valence-corrected chi connectivity index (χ3v) is 4.71. The summed E-state index contributed by atoms with van der Waals surface area (Å²) in [6.07, 6.45) is 4.49. The lowest BCUT2D eigenvalue weighted by atomic mass is 10.2. The topological polar surface area (TPSA) is 70.7 Å². The lowest BCUT2D eigenvalue weighted by molar-refractivity contribution is 0.102. The Kier molecular flexibility index (Phi) is 6.89. The van der Waals surface area contributed by atoms with E-state index in [-0.39, 0.29) is 11.9 Å². The van der Waals surface area contributed by atoms with Crippen LogP contribution in [0.2, 0.25) is 0 Å². The summed E-state index contributed by atoms with van der Waals surface area (Å²) in [6, 6.07) is 14.1. The highest BCUT2D eigenvalue weighted by Gasteiger charge is 2.15. The number of anilines is 2. The minimum atomic E-state index is -0.190. The summed E-state index contributed by atoms with van der Waals surface area (Å²) in [4.78, 5) is 26.6. The number of amides is 3. The summed E-state index contributed by atoms with van der Waals surface area (Å²) in [7, 11) is 0. The van der Waals surface area contributed by atoms with Gasteiger partial charge in [0.2, 0.25) is 0 Å². The number of likely N-dealkylation sites (tertiary alicyclic amines) is 1. The maximum atomic E-state index is 12.4. The van der Waals surface area contributed by atoms with Crippen molar-refractivity contribution in [2.45, 2.75) is 32.6 Å². The molecular weight excluding hydrogens is 354 g/mol. The fraction of sp³-hybridized carbons (Fsp3) is 0.364. The Bertz CT molecular complexity index is 780. The number of carbonyl (C=O) groups excluding carboxylic acids is 2. The molecule has 1 saturated heterocycles. The van der Waals surface area contributed by atoms with Crippen LogP contribution in [0.4, 0.5) is 16.2 Å². The molecule has 0 aliphatic carbocycles. The predicted octanol–water partition coefficient (Wildman–Crippen LogP) is 4.75. The zero-order valence-corrected chi connectivity index (χ0v) is 16.2. The zero-order chi connectivity index (χ0) is 19.8. The van der Waals surface area contributed by atoms with Crippen LogP contribution < -0.4 is 15.4 Å². The maximum Gasteiger partial charge on any atom is 0.321 e. The number of nitrogens with one attached hydrogen (secondary N) is 2. The summed E-state index contributed by atoms with van der Waals surface area (Å²) in [5.41, 5.74) is 1.95. The molecular formula is C22H27N3O3. The Morgan fingerprint density at radius 3 is 2.00 bits per heavy atom. The van der Waals surface area contributed by atoms with Crippen molar-refractivity contribution < 1.29 is 14.3 Å². The average Bonchev–Trinajstić information content (AvgIpc) is 3.00. The third-order valence-electron chi connectivity index (χ3n) is 4.71. The van der Waals surface area contributed by atoms with Crippen molar-refractivity contribution >= 4 is 23.3 Å². The Balaban J connectivity index is 1.54. The van der Waals surface area contributed by atoms with Crippen LogP contribution in [0.1, 0.15) is 43.0 Å². The normalized spacial score (nSPS) is 14.1. The lowest BCUT2D eigenvalue weighted by Gasteiger charge is -2.20. The van der Waals surface area contributed by atoms with E-state index in [2.05, 4.69) is 10.6 Å². The number of hydrogen-bond donors (Lipinski definition) is 2. The van der Waals surface area contributed by atoms with Crippen LogP contribution in [0.3, 0.4) is 0 Å². The van der Waals surface area contributed by atoms with Crippen molar-refractivity contribution in [3.63, 3.8) is 0 Å². The minimum absolute atomic E-state index is 0.0620. The number of nitrogens with zero attached hydrogens (tertiary/aromatic N) is 1. The molecule has 3 amide bonds. The van der Waals surface area contributed by atoms with Gasteiger partial charge < -0.3 is 20.3 Å². The largest absolute Gasteiger partial charge is 0.494 e. The van der Waals surface area contributed by atoms with Crippen LogP contribution in [0.25, 0.3) is 0 Å². The van der Waals surface area contributed by atoms with Crippen LogP contribution in [-0.2, 0) is 0 Å². The van der Waals surface area contributed by atoms with E-state index < -0.39 is 0 Å². The molecule has 0 radical (unpaired) electrons. The Hall–Kier alpha value is -3.02. The van der Waals surface area contributed by atoms with Crippen molar-refractivity contribution in [2.75, 3.05) is 30.3 Å². The van der Waals surface area contributed by atoms with Crippen molar-refractivity contribution in [3.05, 3.63) is 54.1 Å². The molecule has 1 fully saturated rings. The van der Waals surface area contributed by atoms with E-state index in [0.29, 0.717) is 23.5 Å². The molecule has 2 N–H and O–H groups in total. The second-order valence-corrected chi connectivity index (χ2v) is 6.82. The van der Waals surface area contributed by atoms with Gasteiger partial charge in [0, 0.05) is 30.0 Å². The Morgan fingerprint density at radius 1 is 0.857 bits per heavy atom. The minimum Gasteiger partial charge on any atom is -0.494 e. The van der Waals surface area contributed by atoms with E-state index in [1.54, 1.807) is 48.5 Å². The first-order valence-electron chi connectivity index (χ1n) is 9.86. The quantitative estimate of drug-likeness (QED) is 0.785. The van der Waals surface area contributed by atoms with Gasteiger partial charge in [-0.1, -0.05) is 12.8 Å². The summed E-state index contributed by atoms with van der Waals surface area (Å²) in [5.74, 6) is 0.549. The zero-order valence-electron chi connectivity index (χ0n) is 16.2. The van der Waals surface area contributed by atoms with E-state index in [1.165, 1.54) is 12.8 Å². The van der Waals surface area contributed by atoms with Gasteiger partial charge in [0.05, 0.1) is 6.61 Å². The fourth-order valence-electron chi connectivity index (χ4n) is 3.19. The molecule has 148 valence electrons. The first-order chi connectivity index (χ1) is 13.7. The van der Waals surface area contributed by atoms with Crippen LogP contribution in [0.15, 0.2) is 48.5 Å². The molecule has 1 aliphatic heterocycles. The maximum absolute atomic E-state index is 12.4. The summed E-state index contributed by atoms with van der Waals surface area (Å²) < 4.78 is 5.38. The van der Waals surface area contributed by atoms with Gasteiger partial charge in [-0.2, -0.15) is 0 Å². The summed E-state index contributed by atoms with van der Waals surface area (Å²) in [5, 5.41) is 5.79. The molecule has 28 heavy (non-hydrogen) atoms. The van der Waals surface area contributed by atoms with Crippen molar-refractivity contribution in [3.8, 4) is 5.75 Å². The molecule has 6 heteroatoms. The number of urea groups is 1.